The Hall–Kier alpha value is -0.870. The third-order valence-corrected chi connectivity index (χ3v) is 2.67. The molecule has 2 aromatic rings. The van der Waals surface area contributed by atoms with Gasteiger partial charge in [0.15, 0.2) is 0 Å². The van der Waals surface area contributed by atoms with Crippen LogP contribution in [0.3, 0.4) is 0 Å². The molecule has 0 spiro atoms. The zero-order chi connectivity index (χ0) is 10.1. The summed E-state index contributed by atoms with van der Waals surface area (Å²) in [5, 5.41) is 3.96. The van der Waals surface area contributed by atoms with Gasteiger partial charge in [0.1, 0.15) is 11.4 Å². The highest BCUT2D eigenvalue weighted by Crippen LogP contribution is 2.27. The van der Waals surface area contributed by atoms with Gasteiger partial charge < -0.3 is 9.73 Å². The molecule has 0 bridgehead atoms. The van der Waals surface area contributed by atoms with Gasteiger partial charge in [0.25, 0.3) is 0 Å². The molecule has 4 heteroatoms. The molecule has 0 radical (unpaired) electrons. The van der Waals surface area contributed by atoms with E-state index in [0.717, 1.165) is 10.9 Å². The summed E-state index contributed by atoms with van der Waals surface area (Å²) < 4.78 is 18.8. The van der Waals surface area contributed by atoms with Crippen molar-refractivity contribution in [2.24, 2.45) is 0 Å². The number of fused-ring (bicyclic) bond motifs is 1. The van der Waals surface area contributed by atoms with Gasteiger partial charge in [0.2, 0.25) is 0 Å². The fourth-order valence-corrected chi connectivity index (χ4v) is 1.75. The Morgan fingerprint density at radius 3 is 3.00 bits per heavy atom. The Labute approximate surface area is 89.2 Å². The minimum atomic E-state index is -0.303. The van der Waals surface area contributed by atoms with Crippen molar-refractivity contribution in [3.63, 3.8) is 0 Å². The third-order valence-electron chi connectivity index (χ3n) is 2.06. The van der Waals surface area contributed by atoms with Crippen LogP contribution in [-0.4, -0.2) is 7.05 Å². The van der Waals surface area contributed by atoms with Gasteiger partial charge in [-0.05, 0) is 29.0 Å². The van der Waals surface area contributed by atoms with Gasteiger partial charge in [-0.3, -0.25) is 0 Å². The van der Waals surface area contributed by atoms with Crippen molar-refractivity contribution in [3.05, 3.63) is 34.2 Å². The van der Waals surface area contributed by atoms with Crippen LogP contribution in [0.5, 0.6) is 0 Å². The summed E-state index contributed by atoms with van der Waals surface area (Å²) in [5.41, 5.74) is 1.61. The fraction of sp³-hybridized carbons (Fsp3) is 0.200. The maximum atomic E-state index is 13.1. The van der Waals surface area contributed by atoms with E-state index >= 15 is 0 Å². The molecular formula is C10H9BrFNO. The van der Waals surface area contributed by atoms with Crippen molar-refractivity contribution in [2.45, 2.75) is 6.54 Å². The second kappa shape index (κ2) is 3.71. The van der Waals surface area contributed by atoms with Crippen LogP contribution in [0.1, 0.15) is 5.56 Å². The maximum Gasteiger partial charge on any atom is 0.141 e. The van der Waals surface area contributed by atoms with E-state index in [1.165, 1.54) is 6.07 Å². The Bertz CT molecular complexity index is 466. The zero-order valence-corrected chi connectivity index (χ0v) is 9.19. The van der Waals surface area contributed by atoms with Crippen LogP contribution in [0.15, 0.2) is 27.3 Å². The van der Waals surface area contributed by atoms with Gasteiger partial charge in [-0.15, -0.1) is 0 Å². The molecule has 0 saturated carbocycles. The second-order valence-corrected chi connectivity index (χ2v) is 3.91. The van der Waals surface area contributed by atoms with Crippen LogP contribution < -0.4 is 5.32 Å². The van der Waals surface area contributed by atoms with E-state index in [0.29, 0.717) is 16.6 Å². The van der Waals surface area contributed by atoms with Gasteiger partial charge in [0.05, 0.1) is 10.7 Å². The van der Waals surface area contributed by atoms with Crippen molar-refractivity contribution < 1.29 is 8.81 Å². The number of halogens is 2. The quantitative estimate of drug-likeness (QED) is 0.895. The molecule has 2 nitrogen and oxygen atoms in total. The van der Waals surface area contributed by atoms with E-state index in [4.69, 9.17) is 4.42 Å². The summed E-state index contributed by atoms with van der Waals surface area (Å²) in [5.74, 6) is -0.303. The smallest absolute Gasteiger partial charge is 0.141 e. The first-order chi connectivity index (χ1) is 6.72. The minimum Gasteiger partial charge on any atom is -0.464 e. The van der Waals surface area contributed by atoms with Gasteiger partial charge in [-0.1, -0.05) is 0 Å². The highest BCUT2D eigenvalue weighted by atomic mass is 79.9. The van der Waals surface area contributed by atoms with Crippen LogP contribution in [0.2, 0.25) is 0 Å². The molecule has 0 aliphatic carbocycles. The fourth-order valence-electron chi connectivity index (χ4n) is 1.40. The average molecular weight is 258 g/mol. The Kier molecular flexibility index (Phi) is 2.56. The zero-order valence-electron chi connectivity index (χ0n) is 7.60. The normalized spacial score (nSPS) is 11.1. The van der Waals surface area contributed by atoms with Gasteiger partial charge in [-0.25, -0.2) is 4.39 Å². The molecule has 0 aliphatic heterocycles. The molecule has 0 saturated heterocycles. The van der Waals surface area contributed by atoms with Crippen LogP contribution in [0.4, 0.5) is 4.39 Å². The van der Waals surface area contributed by atoms with E-state index in [9.17, 15) is 4.39 Å². The number of hydrogen-bond acceptors (Lipinski definition) is 2. The minimum absolute atomic E-state index is 0.303. The van der Waals surface area contributed by atoms with Crippen molar-refractivity contribution in [1.82, 2.24) is 5.32 Å². The van der Waals surface area contributed by atoms with E-state index in [1.54, 1.807) is 12.3 Å². The number of nitrogens with one attached hydrogen (secondary N) is 1. The van der Waals surface area contributed by atoms with Crippen LogP contribution >= 0.6 is 15.9 Å². The molecule has 1 aromatic carbocycles. The number of furan rings is 1. The lowest BCUT2D eigenvalue weighted by atomic mass is 10.2. The Morgan fingerprint density at radius 1 is 1.50 bits per heavy atom. The van der Waals surface area contributed by atoms with E-state index in [1.807, 2.05) is 7.05 Å². The number of hydrogen-bond donors (Lipinski definition) is 1. The van der Waals surface area contributed by atoms with Crippen molar-refractivity contribution in [1.29, 1.82) is 0 Å². The maximum absolute atomic E-state index is 13.1. The Balaban J connectivity index is 2.61. The number of benzene rings is 1. The summed E-state index contributed by atoms with van der Waals surface area (Å²) >= 11 is 3.15. The monoisotopic (exact) mass is 257 g/mol. The van der Waals surface area contributed by atoms with Crippen molar-refractivity contribution in [3.8, 4) is 0 Å². The average Bonchev–Trinajstić information content (AvgIpc) is 2.51. The van der Waals surface area contributed by atoms with Gasteiger partial charge in [-0.2, -0.15) is 0 Å². The molecule has 0 amide bonds. The van der Waals surface area contributed by atoms with E-state index in [2.05, 4.69) is 21.2 Å². The first-order valence-electron chi connectivity index (χ1n) is 4.22. The number of rotatable bonds is 2. The molecular weight excluding hydrogens is 249 g/mol. The van der Waals surface area contributed by atoms with Crippen LogP contribution in [0.25, 0.3) is 11.0 Å². The highest BCUT2D eigenvalue weighted by Gasteiger charge is 2.08. The predicted molar refractivity (Wildman–Crippen MR) is 56.6 cm³/mol. The molecule has 2 rings (SSSR count). The summed E-state index contributed by atoms with van der Waals surface area (Å²) in [6.07, 6.45) is 1.65. The largest absolute Gasteiger partial charge is 0.464 e. The lowest BCUT2D eigenvalue weighted by Crippen LogP contribution is -2.03. The van der Waals surface area contributed by atoms with E-state index in [-0.39, 0.29) is 5.82 Å². The molecule has 0 unspecified atom stereocenters. The SMILES string of the molecule is CNCc1coc2cc(F)c(Br)cc12. The molecule has 0 fully saturated rings. The van der Waals surface area contributed by atoms with Gasteiger partial charge >= 0.3 is 0 Å². The molecule has 1 aromatic heterocycles. The molecule has 1 heterocycles. The molecule has 1 N–H and O–H groups in total. The Morgan fingerprint density at radius 2 is 2.29 bits per heavy atom. The first kappa shape index (κ1) is 9.68. The predicted octanol–water partition coefficient (Wildman–Crippen LogP) is 3.05. The molecule has 74 valence electrons. The van der Waals surface area contributed by atoms with E-state index < -0.39 is 0 Å². The van der Waals surface area contributed by atoms with Crippen LogP contribution in [0, 0.1) is 5.82 Å². The summed E-state index contributed by atoms with van der Waals surface area (Å²) in [6, 6.07) is 3.12. The molecule has 14 heavy (non-hydrogen) atoms. The summed E-state index contributed by atoms with van der Waals surface area (Å²) in [4.78, 5) is 0. The van der Waals surface area contributed by atoms with Crippen molar-refractivity contribution >= 4 is 26.9 Å². The lowest BCUT2D eigenvalue weighted by molar-refractivity contribution is 0.592. The summed E-state index contributed by atoms with van der Waals surface area (Å²) in [6.45, 7) is 0.713. The van der Waals surface area contributed by atoms with Gasteiger partial charge in [0, 0.05) is 23.6 Å². The first-order valence-corrected chi connectivity index (χ1v) is 5.01. The van der Waals surface area contributed by atoms with Crippen LogP contribution in [-0.2, 0) is 6.54 Å². The van der Waals surface area contributed by atoms with Crippen molar-refractivity contribution in [2.75, 3.05) is 7.05 Å². The molecule has 0 aliphatic rings. The standard InChI is InChI=1S/C10H9BrFNO/c1-13-4-6-5-14-10-3-9(12)8(11)2-7(6)10/h2-3,5,13H,4H2,1H3. The second-order valence-electron chi connectivity index (χ2n) is 3.05. The summed E-state index contributed by atoms with van der Waals surface area (Å²) in [7, 11) is 1.86. The highest BCUT2D eigenvalue weighted by molar-refractivity contribution is 9.10. The third kappa shape index (κ3) is 1.55. The molecule has 0 atom stereocenters. The topological polar surface area (TPSA) is 25.2 Å². The lowest BCUT2D eigenvalue weighted by Gasteiger charge is -1.97.